The molecule has 0 spiro atoms. The number of fused-ring (bicyclic) bond motifs is 1. The summed E-state index contributed by atoms with van der Waals surface area (Å²) in [6.45, 7) is 4.24. The molecule has 3 nitrogen and oxygen atoms in total. The third kappa shape index (κ3) is 2.34. The van der Waals surface area contributed by atoms with Crippen LogP contribution in [0.15, 0.2) is 36.4 Å². The number of benzene rings is 2. The molecule has 0 saturated heterocycles. The van der Waals surface area contributed by atoms with Gasteiger partial charge < -0.3 is 9.72 Å². The molecule has 0 bridgehead atoms. The zero-order valence-electron chi connectivity index (χ0n) is 11.8. The van der Waals surface area contributed by atoms with E-state index in [2.05, 4.69) is 4.98 Å². The van der Waals surface area contributed by atoms with Crippen LogP contribution >= 0.6 is 12.2 Å². The molecule has 108 valence electrons. The second kappa shape index (κ2) is 5.33. The van der Waals surface area contributed by atoms with Crippen molar-refractivity contribution < 1.29 is 9.13 Å². The van der Waals surface area contributed by atoms with Gasteiger partial charge in [-0.25, -0.2) is 4.39 Å². The van der Waals surface area contributed by atoms with Crippen molar-refractivity contribution in [3.63, 3.8) is 0 Å². The maximum Gasteiger partial charge on any atom is 0.182 e. The Morgan fingerprint density at radius 2 is 2.10 bits per heavy atom. The minimum absolute atomic E-state index is 0.246. The van der Waals surface area contributed by atoms with Crippen LogP contribution in [0.5, 0.6) is 5.75 Å². The molecule has 21 heavy (non-hydrogen) atoms. The fourth-order valence-electron chi connectivity index (χ4n) is 2.36. The quantitative estimate of drug-likeness (QED) is 0.720. The van der Waals surface area contributed by atoms with Crippen LogP contribution in [0.4, 0.5) is 4.39 Å². The van der Waals surface area contributed by atoms with E-state index in [4.69, 9.17) is 17.0 Å². The first kappa shape index (κ1) is 13.8. The monoisotopic (exact) mass is 302 g/mol. The normalized spacial score (nSPS) is 11.0. The Morgan fingerprint density at radius 1 is 1.29 bits per heavy atom. The highest BCUT2D eigenvalue weighted by Gasteiger charge is 2.11. The summed E-state index contributed by atoms with van der Waals surface area (Å²) in [6, 6.07) is 10.8. The number of para-hydroxylation sites is 1. The van der Waals surface area contributed by atoms with E-state index >= 15 is 0 Å². The molecule has 0 amide bonds. The van der Waals surface area contributed by atoms with Crippen molar-refractivity contribution >= 4 is 23.3 Å². The van der Waals surface area contributed by atoms with Gasteiger partial charge in [-0.1, -0.05) is 12.1 Å². The molecule has 0 radical (unpaired) electrons. The number of aromatic amines is 1. The van der Waals surface area contributed by atoms with E-state index in [1.165, 1.54) is 6.07 Å². The number of nitrogens with zero attached hydrogens (tertiary/aromatic N) is 1. The minimum Gasteiger partial charge on any atom is -0.492 e. The Balaban J connectivity index is 2.27. The lowest BCUT2D eigenvalue weighted by Gasteiger charge is -2.07. The summed E-state index contributed by atoms with van der Waals surface area (Å²) in [5.41, 5.74) is 3.00. The van der Waals surface area contributed by atoms with Crippen LogP contribution in [0, 0.1) is 17.5 Å². The van der Waals surface area contributed by atoms with Crippen LogP contribution in [-0.4, -0.2) is 16.2 Å². The van der Waals surface area contributed by atoms with Gasteiger partial charge in [0, 0.05) is 0 Å². The van der Waals surface area contributed by atoms with Crippen LogP contribution in [0.1, 0.15) is 12.5 Å². The number of hydrogen-bond acceptors (Lipinski definition) is 2. The summed E-state index contributed by atoms with van der Waals surface area (Å²) >= 11 is 5.38. The zero-order chi connectivity index (χ0) is 15.0. The number of ether oxygens (including phenoxy) is 1. The van der Waals surface area contributed by atoms with Gasteiger partial charge in [-0.3, -0.25) is 4.57 Å². The standard InChI is InChI=1S/C16H15FN2OS/c1-3-20-14-6-4-5-13-15(14)18-16(21)19(13)11-8-7-10(2)12(17)9-11/h4-9H,3H2,1-2H3,(H,18,21). The van der Waals surface area contributed by atoms with Gasteiger partial charge in [0.15, 0.2) is 4.77 Å². The fraction of sp³-hybridized carbons (Fsp3) is 0.188. The molecule has 1 N–H and O–H groups in total. The first-order valence-corrected chi connectivity index (χ1v) is 7.15. The van der Waals surface area contributed by atoms with E-state index in [0.717, 1.165) is 16.8 Å². The topological polar surface area (TPSA) is 29.9 Å². The average Bonchev–Trinajstić information content (AvgIpc) is 2.80. The summed E-state index contributed by atoms with van der Waals surface area (Å²) in [5.74, 6) is 0.497. The number of nitrogens with one attached hydrogen (secondary N) is 1. The molecule has 1 heterocycles. The van der Waals surface area contributed by atoms with E-state index in [-0.39, 0.29) is 5.82 Å². The molecular formula is C16H15FN2OS. The number of rotatable bonds is 3. The third-order valence-electron chi connectivity index (χ3n) is 3.39. The van der Waals surface area contributed by atoms with E-state index < -0.39 is 0 Å². The maximum absolute atomic E-state index is 13.8. The van der Waals surface area contributed by atoms with Gasteiger partial charge in [-0.2, -0.15) is 0 Å². The lowest BCUT2D eigenvalue weighted by atomic mass is 10.2. The zero-order valence-corrected chi connectivity index (χ0v) is 12.6. The van der Waals surface area contributed by atoms with Gasteiger partial charge in [0.05, 0.1) is 17.8 Å². The molecule has 0 atom stereocenters. The third-order valence-corrected chi connectivity index (χ3v) is 3.68. The molecule has 0 fully saturated rings. The van der Waals surface area contributed by atoms with E-state index in [1.807, 2.05) is 35.8 Å². The molecule has 0 saturated carbocycles. The van der Waals surface area contributed by atoms with E-state index in [9.17, 15) is 4.39 Å². The van der Waals surface area contributed by atoms with Crippen molar-refractivity contribution in [1.29, 1.82) is 0 Å². The predicted octanol–water partition coefficient (Wildman–Crippen LogP) is 4.53. The van der Waals surface area contributed by atoms with Crippen molar-refractivity contribution in [3.8, 4) is 11.4 Å². The summed E-state index contributed by atoms with van der Waals surface area (Å²) in [6.07, 6.45) is 0. The molecule has 3 aromatic rings. The lowest BCUT2D eigenvalue weighted by molar-refractivity contribution is 0.343. The molecule has 0 aliphatic carbocycles. The van der Waals surface area contributed by atoms with E-state index in [0.29, 0.717) is 22.6 Å². The van der Waals surface area contributed by atoms with Crippen molar-refractivity contribution in [1.82, 2.24) is 9.55 Å². The summed E-state index contributed by atoms with van der Waals surface area (Å²) in [7, 11) is 0. The lowest BCUT2D eigenvalue weighted by Crippen LogP contribution is -1.96. The largest absolute Gasteiger partial charge is 0.492 e. The van der Waals surface area contributed by atoms with Gasteiger partial charge in [-0.05, 0) is 55.9 Å². The van der Waals surface area contributed by atoms with Crippen molar-refractivity contribution in [3.05, 3.63) is 52.5 Å². The number of H-pyrrole nitrogens is 1. The molecule has 3 rings (SSSR count). The summed E-state index contributed by atoms with van der Waals surface area (Å²) in [4.78, 5) is 3.14. The SMILES string of the molecule is CCOc1cccc2c1[nH]c(=S)n2-c1ccc(C)c(F)c1. The second-order valence-corrected chi connectivity index (χ2v) is 5.17. The van der Waals surface area contributed by atoms with Gasteiger partial charge in [0.25, 0.3) is 0 Å². The number of hydrogen-bond donors (Lipinski definition) is 1. The van der Waals surface area contributed by atoms with E-state index in [1.54, 1.807) is 13.0 Å². The summed E-state index contributed by atoms with van der Waals surface area (Å²) < 4.78 is 21.8. The Bertz CT molecular complexity index is 866. The minimum atomic E-state index is -0.246. The number of aromatic nitrogens is 2. The molecule has 0 aliphatic heterocycles. The molecule has 1 aromatic heterocycles. The van der Waals surface area contributed by atoms with Crippen LogP contribution in [0.25, 0.3) is 16.7 Å². The average molecular weight is 302 g/mol. The van der Waals surface area contributed by atoms with Gasteiger partial charge in [0.2, 0.25) is 0 Å². The van der Waals surface area contributed by atoms with Crippen molar-refractivity contribution in [2.75, 3.05) is 6.61 Å². The summed E-state index contributed by atoms with van der Waals surface area (Å²) in [5, 5.41) is 0. The number of imidazole rings is 1. The Hall–Kier alpha value is -2.14. The molecular weight excluding hydrogens is 287 g/mol. The van der Waals surface area contributed by atoms with Crippen LogP contribution in [-0.2, 0) is 0 Å². The highest BCUT2D eigenvalue weighted by atomic mass is 32.1. The Morgan fingerprint density at radius 3 is 2.81 bits per heavy atom. The van der Waals surface area contributed by atoms with Crippen LogP contribution in [0.2, 0.25) is 0 Å². The molecule has 5 heteroatoms. The van der Waals surface area contributed by atoms with Crippen LogP contribution in [0.3, 0.4) is 0 Å². The fourth-order valence-corrected chi connectivity index (χ4v) is 2.66. The van der Waals surface area contributed by atoms with Gasteiger partial charge in [0.1, 0.15) is 17.1 Å². The smallest absolute Gasteiger partial charge is 0.182 e. The first-order chi connectivity index (χ1) is 10.1. The number of halogens is 1. The Kier molecular flexibility index (Phi) is 3.51. The molecule has 0 unspecified atom stereocenters. The molecule has 2 aromatic carbocycles. The highest BCUT2D eigenvalue weighted by Crippen LogP contribution is 2.27. The Labute approximate surface area is 127 Å². The van der Waals surface area contributed by atoms with Gasteiger partial charge in [-0.15, -0.1) is 0 Å². The van der Waals surface area contributed by atoms with Crippen LogP contribution < -0.4 is 4.74 Å². The highest BCUT2D eigenvalue weighted by molar-refractivity contribution is 7.71. The predicted molar refractivity (Wildman–Crippen MR) is 84.3 cm³/mol. The number of aryl methyl sites for hydroxylation is 1. The van der Waals surface area contributed by atoms with Crippen molar-refractivity contribution in [2.45, 2.75) is 13.8 Å². The second-order valence-electron chi connectivity index (χ2n) is 4.78. The first-order valence-electron chi connectivity index (χ1n) is 6.75. The van der Waals surface area contributed by atoms with Crippen molar-refractivity contribution in [2.24, 2.45) is 0 Å². The van der Waals surface area contributed by atoms with Gasteiger partial charge >= 0.3 is 0 Å². The molecule has 0 aliphatic rings. The maximum atomic E-state index is 13.8.